The Morgan fingerprint density at radius 1 is 1.40 bits per heavy atom. The number of halogens is 2. The molecule has 0 bridgehead atoms. The standard InChI is InChI=1S/C14H13Cl2N3O/c1-19(9-11-7-17-18-8-11)14(20)5-3-10-2-4-12(15)13(16)6-10/h2-8H,9H2,1H3,(H,17,18). The number of likely N-dealkylation sites (N-methyl/N-ethyl adjacent to an activating group) is 1. The van der Waals surface area contributed by atoms with E-state index in [9.17, 15) is 4.79 Å². The molecular formula is C14H13Cl2N3O. The average Bonchev–Trinajstić information content (AvgIpc) is 2.92. The van der Waals surface area contributed by atoms with Gasteiger partial charge in [0.05, 0.1) is 16.2 Å². The lowest BCUT2D eigenvalue weighted by Crippen LogP contribution is -2.23. The number of benzene rings is 1. The predicted octanol–water partition coefficient (Wildman–Crippen LogP) is 3.39. The van der Waals surface area contributed by atoms with Crippen LogP contribution in [-0.4, -0.2) is 28.1 Å². The van der Waals surface area contributed by atoms with Crippen LogP contribution in [0, 0.1) is 0 Å². The molecule has 0 unspecified atom stereocenters. The van der Waals surface area contributed by atoms with Gasteiger partial charge in [-0.1, -0.05) is 29.3 Å². The van der Waals surface area contributed by atoms with Gasteiger partial charge >= 0.3 is 0 Å². The first-order chi connectivity index (χ1) is 9.56. The SMILES string of the molecule is CN(Cc1cn[nH]c1)C(=O)C=Cc1ccc(Cl)c(Cl)c1. The van der Waals surface area contributed by atoms with Gasteiger partial charge in [-0.2, -0.15) is 5.10 Å². The Morgan fingerprint density at radius 2 is 2.20 bits per heavy atom. The fourth-order valence-electron chi connectivity index (χ4n) is 1.63. The van der Waals surface area contributed by atoms with Crippen molar-refractivity contribution in [3.63, 3.8) is 0 Å². The third-order valence-electron chi connectivity index (χ3n) is 2.71. The van der Waals surface area contributed by atoms with Gasteiger partial charge in [0, 0.05) is 31.4 Å². The molecule has 1 amide bonds. The number of carbonyl (C=O) groups excluding carboxylic acids is 1. The van der Waals surface area contributed by atoms with Crippen LogP contribution in [0.25, 0.3) is 6.08 Å². The summed E-state index contributed by atoms with van der Waals surface area (Å²) >= 11 is 11.7. The topological polar surface area (TPSA) is 49.0 Å². The fourth-order valence-corrected chi connectivity index (χ4v) is 1.93. The second kappa shape index (κ2) is 6.59. The molecule has 0 aliphatic heterocycles. The molecule has 0 saturated carbocycles. The highest BCUT2D eigenvalue weighted by atomic mass is 35.5. The van der Waals surface area contributed by atoms with E-state index < -0.39 is 0 Å². The molecule has 0 atom stereocenters. The summed E-state index contributed by atoms with van der Waals surface area (Å²) in [4.78, 5) is 13.5. The van der Waals surface area contributed by atoms with Crippen LogP contribution in [0.4, 0.5) is 0 Å². The molecule has 1 N–H and O–H groups in total. The van der Waals surface area contributed by atoms with Crippen molar-refractivity contribution in [1.29, 1.82) is 0 Å². The first-order valence-corrected chi connectivity index (χ1v) is 6.68. The molecule has 1 aromatic carbocycles. The van der Waals surface area contributed by atoms with Gasteiger partial charge in [0.25, 0.3) is 0 Å². The van der Waals surface area contributed by atoms with Crippen LogP contribution in [0.3, 0.4) is 0 Å². The van der Waals surface area contributed by atoms with E-state index in [1.165, 1.54) is 6.08 Å². The summed E-state index contributed by atoms with van der Waals surface area (Å²) in [6.07, 6.45) is 6.65. The molecular weight excluding hydrogens is 297 g/mol. The molecule has 0 radical (unpaired) electrons. The number of H-pyrrole nitrogens is 1. The van der Waals surface area contributed by atoms with Crippen molar-refractivity contribution in [1.82, 2.24) is 15.1 Å². The second-order valence-corrected chi connectivity index (χ2v) is 5.12. The molecule has 0 fully saturated rings. The van der Waals surface area contributed by atoms with Crippen molar-refractivity contribution in [2.75, 3.05) is 7.05 Å². The maximum atomic E-state index is 11.9. The van der Waals surface area contributed by atoms with E-state index in [1.54, 1.807) is 48.6 Å². The summed E-state index contributed by atoms with van der Waals surface area (Å²) in [5, 5.41) is 7.51. The van der Waals surface area contributed by atoms with E-state index in [2.05, 4.69) is 10.2 Å². The lowest BCUT2D eigenvalue weighted by Gasteiger charge is -2.13. The van der Waals surface area contributed by atoms with E-state index in [4.69, 9.17) is 23.2 Å². The van der Waals surface area contributed by atoms with Crippen molar-refractivity contribution in [2.24, 2.45) is 0 Å². The van der Waals surface area contributed by atoms with Crippen molar-refractivity contribution in [2.45, 2.75) is 6.54 Å². The molecule has 0 aliphatic rings. The van der Waals surface area contributed by atoms with Crippen molar-refractivity contribution in [3.05, 3.63) is 57.8 Å². The van der Waals surface area contributed by atoms with Gasteiger partial charge in [0.1, 0.15) is 0 Å². The van der Waals surface area contributed by atoms with E-state index in [1.807, 2.05) is 0 Å². The Labute approximate surface area is 127 Å². The maximum Gasteiger partial charge on any atom is 0.246 e. The van der Waals surface area contributed by atoms with Crippen molar-refractivity contribution < 1.29 is 4.79 Å². The van der Waals surface area contributed by atoms with E-state index in [-0.39, 0.29) is 5.91 Å². The Hall–Kier alpha value is -1.78. The third kappa shape index (κ3) is 3.85. The number of amides is 1. The number of carbonyl (C=O) groups is 1. The Balaban J connectivity index is 1.99. The van der Waals surface area contributed by atoms with Gasteiger partial charge < -0.3 is 4.90 Å². The quantitative estimate of drug-likeness (QED) is 0.880. The third-order valence-corrected chi connectivity index (χ3v) is 3.45. The molecule has 0 spiro atoms. The lowest BCUT2D eigenvalue weighted by atomic mass is 10.2. The van der Waals surface area contributed by atoms with Crippen LogP contribution in [0.15, 0.2) is 36.7 Å². The number of rotatable bonds is 4. The normalized spacial score (nSPS) is 10.9. The summed E-state index contributed by atoms with van der Waals surface area (Å²) < 4.78 is 0. The summed E-state index contributed by atoms with van der Waals surface area (Å²) in [7, 11) is 1.73. The van der Waals surface area contributed by atoms with Crippen LogP contribution in [0.5, 0.6) is 0 Å². The number of nitrogens with one attached hydrogen (secondary N) is 1. The molecule has 104 valence electrons. The number of aromatic nitrogens is 2. The highest BCUT2D eigenvalue weighted by Gasteiger charge is 2.06. The number of hydrogen-bond acceptors (Lipinski definition) is 2. The number of hydrogen-bond donors (Lipinski definition) is 1. The molecule has 2 aromatic rings. The van der Waals surface area contributed by atoms with Gasteiger partial charge in [-0.05, 0) is 23.8 Å². The van der Waals surface area contributed by atoms with Gasteiger partial charge in [-0.25, -0.2) is 0 Å². The van der Waals surface area contributed by atoms with Gasteiger partial charge in [-0.3, -0.25) is 9.89 Å². The van der Waals surface area contributed by atoms with E-state index in [0.29, 0.717) is 16.6 Å². The van der Waals surface area contributed by atoms with Gasteiger partial charge in [0.15, 0.2) is 0 Å². The average molecular weight is 310 g/mol. The van der Waals surface area contributed by atoms with E-state index >= 15 is 0 Å². The smallest absolute Gasteiger partial charge is 0.246 e. The molecule has 20 heavy (non-hydrogen) atoms. The molecule has 6 heteroatoms. The summed E-state index contributed by atoms with van der Waals surface area (Å²) in [5.41, 5.74) is 1.77. The molecule has 0 aliphatic carbocycles. The summed E-state index contributed by atoms with van der Waals surface area (Å²) in [5.74, 6) is -0.0997. The summed E-state index contributed by atoms with van der Waals surface area (Å²) in [6.45, 7) is 0.501. The zero-order valence-electron chi connectivity index (χ0n) is 10.8. The number of nitrogens with zero attached hydrogens (tertiary/aromatic N) is 2. The van der Waals surface area contributed by atoms with Crippen LogP contribution in [-0.2, 0) is 11.3 Å². The van der Waals surface area contributed by atoms with Crippen LogP contribution in [0.1, 0.15) is 11.1 Å². The molecule has 2 rings (SSSR count). The zero-order chi connectivity index (χ0) is 14.5. The largest absolute Gasteiger partial charge is 0.338 e. The van der Waals surface area contributed by atoms with Crippen molar-refractivity contribution in [3.8, 4) is 0 Å². The minimum absolute atomic E-state index is 0.0997. The minimum atomic E-state index is -0.0997. The molecule has 4 nitrogen and oxygen atoms in total. The second-order valence-electron chi connectivity index (χ2n) is 4.31. The first-order valence-electron chi connectivity index (χ1n) is 5.92. The molecule has 0 saturated heterocycles. The zero-order valence-corrected chi connectivity index (χ0v) is 12.3. The highest BCUT2D eigenvalue weighted by molar-refractivity contribution is 6.42. The fraction of sp³-hybridized carbons (Fsp3) is 0.143. The Kier molecular flexibility index (Phi) is 4.82. The number of aromatic amines is 1. The first kappa shape index (κ1) is 14.6. The van der Waals surface area contributed by atoms with Crippen molar-refractivity contribution >= 4 is 35.2 Å². The van der Waals surface area contributed by atoms with Crippen LogP contribution < -0.4 is 0 Å². The van der Waals surface area contributed by atoms with Crippen LogP contribution in [0.2, 0.25) is 10.0 Å². The lowest BCUT2D eigenvalue weighted by molar-refractivity contribution is -0.125. The summed E-state index contributed by atoms with van der Waals surface area (Å²) in [6, 6.07) is 5.21. The Bertz CT molecular complexity index is 623. The minimum Gasteiger partial charge on any atom is -0.338 e. The van der Waals surface area contributed by atoms with Crippen LogP contribution >= 0.6 is 23.2 Å². The predicted molar refractivity (Wildman–Crippen MR) is 80.6 cm³/mol. The molecule has 1 heterocycles. The van der Waals surface area contributed by atoms with E-state index in [0.717, 1.165) is 11.1 Å². The molecule has 1 aromatic heterocycles. The Morgan fingerprint density at radius 3 is 2.85 bits per heavy atom. The highest BCUT2D eigenvalue weighted by Crippen LogP contribution is 2.23. The van der Waals surface area contributed by atoms with Gasteiger partial charge in [-0.15, -0.1) is 0 Å². The van der Waals surface area contributed by atoms with Gasteiger partial charge in [0.2, 0.25) is 5.91 Å². The monoisotopic (exact) mass is 309 g/mol. The maximum absolute atomic E-state index is 11.9.